The fourth-order valence-electron chi connectivity index (χ4n) is 0.887. The highest BCUT2D eigenvalue weighted by atomic mass is 32.1. The van der Waals surface area contributed by atoms with E-state index in [1.807, 2.05) is 13.8 Å². The van der Waals surface area contributed by atoms with Gasteiger partial charge in [-0.15, -0.1) is 0 Å². The van der Waals surface area contributed by atoms with E-state index in [4.69, 9.17) is 18.0 Å². The van der Waals surface area contributed by atoms with Gasteiger partial charge in [0.1, 0.15) is 0 Å². The summed E-state index contributed by atoms with van der Waals surface area (Å²) in [5, 5.41) is 2.76. The second-order valence-electron chi connectivity index (χ2n) is 2.65. The number of carbonyl (C=O) groups excluding carboxylic acids is 1. The molecule has 0 spiro atoms. The molecule has 0 saturated carbocycles. The van der Waals surface area contributed by atoms with Crippen LogP contribution in [-0.4, -0.2) is 17.4 Å². The Morgan fingerprint density at radius 2 is 2.17 bits per heavy atom. The zero-order valence-electron chi connectivity index (χ0n) is 7.59. The van der Waals surface area contributed by atoms with Gasteiger partial charge in [-0.2, -0.15) is 0 Å². The van der Waals surface area contributed by atoms with E-state index in [0.717, 1.165) is 6.42 Å². The van der Waals surface area contributed by atoms with Crippen molar-refractivity contribution in [3.8, 4) is 0 Å². The summed E-state index contributed by atoms with van der Waals surface area (Å²) in [6.07, 6.45) is 1.60. The number of nitrogens with two attached hydrogens (primary N) is 1. The van der Waals surface area contributed by atoms with E-state index in [0.29, 0.717) is 13.0 Å². The summed E-state index contributed by atoms with van der Waals surface area (Å²) in [6, 6.07) is 0. The summed E-state index contributed by atoms with van der Waals surface area (Å²) in [4.78, 5) is 11.6. The molecule has 0 saturated heterocycles. The lowest BCUT2D eigenvalue weighted by Gasteiger charge is -2.12. The molecule has 0 bridgehead atoms. The molecule has 0 aromatic rings. The third-order valence-electron chi connectivity index (χ3n) is 1.62. The average molecular weight is 188 g/mol. The Hall–Kier alpha value is -0.640. The van der Waals surface area contributed by atoms with Crippen LogP contribution in [0.1, 0.15) is 26.7 Å². The lowest BCUT2D eigenvalue weighted by Crippen LogP contribution is -2.37. The second-order valence-corrected chi connectivity index (χ2v) is 3.13. The van der Waals surface area contributed by atoms with Gasteiger partial charge in [-0.3, -0.25) is 4.79 Å². The molecule has 1 atom stereocenters. The van der Waals surface area contributed by atoms with Crippen LogP contribution in [-0.2, 0) is 4.79 Å². The van der Waals surface area contributed by atoms with Crippen molar-refractivity contribution in [3.05, 3.63) is 0 Å². The normalized spacial score (nSPS) is 12.2. The molecule has 0 aliphatic heterocycles. The van der Waals surface area contributed by atoms with Crippen LogP contribution in [0.15, 0.2) is 0 Å². The maximum atomic E-state index is 11.3. The van der Waals surface area contributed by atoms with Crippen molar-refractivity contribution in [2.75, 3.05) is 6.54 Å². The van der Waals surface area contributed by atoms with Crippen molar-refractivity contribution in [1.29, 1.82) is 0 Å². The Labute approximate surface area is 78.7 Å². The van der Waals surface area contributed by atoms with Gasteiger partial charge in [0.2, 0.25) is 5.91 Å². The van der Waals surface area contributed by atoms with E-state index in [1.54, 1.807) is 0 Å². The fraction of sp³-hybridized carbons (Fsp3) is 0.750. The Balaban J connectivity index is 3.95. The maximum Gasteiger partial charge on any atom is 0.229 e. The molecule has 0 rings (SSSR count). The van der Waals surface area contributed by atoms with Crippen LogP contribution in [0.5, 0.6) is 0 Å². The van der Waals surface area contributed by atoms with E-state index in [9.17, 15) is 4.79 Å². The van der Waals surface area contributed by atoms with Gasteiger partial charge < -0.3 is 11.1 Å². The molecule has 0 aromatic heterocycles. The van der Waals surface area contributed by atoms with E-state index >= 15 is 0 Å². The highest BCUT2D eigenvalue weighted by molar-refractivity contribution is 7.80. The van der Waals surface area contributed by atoms with Gasteiger partial charge >= 0.3 is 0 Å². The van der Waals surface area contributed by atoms with Crippen LogP contribution in [0.2, 0.25) is 0 Å². The van der Waals surface area contributed by atoms with Crippen LogP contribution < -0.4 is 11.1 Å². The molecular formula is C8H16N2OS. The first-order chi connectivity index (χ1) is 5.63. The minimum absolute atomic E-state index is 0.0492. The van der Waals surface area contributed by atoms with Crippen molar-refractivity contribution in [3.63, 3.8) is 0 Å². The third kappa shape index (κ3) is 3.67. The minimum atomic E-state index is -0.299. The SMILES string of the molecule is CCCNC(=O)C(CC)C(N)=S. The first-order valence-corrected chi connectivity index (χ1v) is 4.61. The van der Waals surface area contributed by atoms with Crippen LogP contribution >= 0.6 is 12.2 Å². The summed E-state index contributed by atoms with van der Waals surface area (Å²) in [5.74, 6) is -0.349. The monoisotopic (exact) mass is 188 g/mol. The molecule has 1 amide bonds. The van der Waals surface area contributed by atoms with E-state index < -0.39 is 0 Å². The third-order valence-corrected chi connectivity index (χ3v) is 1.90. The predicted molar refractivity (Wildman–Crippen MR) is 53.9 cm³/mol. The molecule has 0 fully saturated rings. The smallest absolute Gasteiger partial charge is 0.229 e. The molecule has 12 heavy (non-hydrogen) atoms. The van der Waals surface area contributed by atoms with Crippen molar-refractivity contribution < 1.29 is 4.79 Å². The second kappa shape index (κ2) is 5.94. The molecule has 0 heterocycles. The zero-order chi connectivity index (χ0) is 9.56. The fourth-order valence-corrected chi connectivity index (χ4v) is 1.16. The zero-order valence-corrected chi connectivity index (χ0v) is 8.41. The highest BCUT2D eigenvalue weighted by Crippen LogP contribution is 2.02. The average Bonchev–Trinajstić information content (AvgIpc) is 2.01. The first-order valence-electron chi connectivity index (χ1n) is 4.20. The van der Waals surface area contributed by atoms with E-state index in [1.165, 1.54) is 0 Å². The molecular weight excluding hydrogens is 172 g/mol. The molecule has 0 aliphatic carbocycles. The number of rotatable bonds is 5. The van der Waals surface area contributed by atoms with Crippen LogP contribution in [0.25, 0.3) is 0 Å². The Bertz CT molecular complexity index is 170. The van der Waals surface area contributed by atoms with E-state index in [2.05, 4.69) is 5.32 Å². The summed E-state index contributed by atoms with van der Waals surface area (Å²) in [6.45, 7) is 4.59. The van der Waals surface area contributed by atoms with Crippen molar-refractivity contribution in [2.24, 2.45) is 11.7 Å². The number of hydrogen-bond donors (Lipinski definition) is 2. The van der Waals surface area contributed by atoms with Gasteiger partial charge in [0.05, 0.1) is 10.9 Å². The van der Waals surface area contributed by atoms with Crippen molar-refractivity contribution in [1.82, 2.24) is 5.32 Å². The number of nitrogens with one attached hydrogen (secondary N) is 1. The van der Waals surface area contributed by atoms with Crippen molar-refractivity contribution >= 4 is 23.1 Å². The predicted octanol–water partition coefficient (Wildman–Crippen LogP) is 0.825. The molecule has 0 aliphatic rings. The molecule has 0 radical (unpaired) electrons. The maximum absolute atomic E-state index is 11.3. The van der Waals surface area contributed by atoms with Gasteiger partial charge in [-0.1, -0.05) is 26.1 Å². The summed E-state index contributed by atoms with van der Waals surface area (Å²) in [7, 11) is 0. The molecule has 4 heteroatoms. The summed E-state index contributed by atoms with van der Waals surface area (Å²) >= 11 is 4.76. The van der Waals surface area contributed by atoms with Gasteiger partial charge in [-0.05, 0) is 12.8 Å². The number of thiocarbonyl (C=S) groups is 1. The largest absolute Gasteiger partial charge is 0.393 e. The van der Waals surface area contributed by atoms with Gasteiger partial charge in [-0.25, -0.2) is 0 Å². The molecule has 1 unspecified atom stereocenters. The number of amides is 1. The Kier molecular flexibility index (Phi) is 5.62. The molecule has 3 N–H and O–H groups in total. The van der Waals surface area contributed by atoms with Gasteiger partial charge in [0.15, 0.2) is 0 Å². The van der Waals surface area contributed by atoms with Crippen molar-refractivity contribution in [2.45, 2.75) is 26.7 Å². The Morgan fingerprint density at radius 1 is 1.58 bits per heavy atom. The molecule has 0 aromatic carbocycles. The standard InChI is InChI=1S/C8H16N2OS/c1-3-5-10-8(11)6(4-2)7(9)12/h6H,3-5H2,1-2H3,(H2,9,12)(H,10,11). The van der Waals surface area contributed by atoms with Crippen LogP contribution in [0.4, 0.5) is 0 Å². The lowest BCUT2D eigenvalue weighted by atomic mass is 10.1. The molecule has 3 nitrogen and oxygen atoms in total. The number of carbonyl (C=O) groups is 1. The minimum Gasteiger partial charge on any atom is -0.393 e. The molecule has 70 valence electrons. The van der Waals surface area contributed by atoms with Crippen LogP contribution in [0.3, 0.4) is 0 Å². The topological polar surface area (TPSA) is 55.1 Å². The van der Waals surface area contributed by atoms with E-state index in [-0.39, 0.29) is 16.8 Å². The highest BCUT2D eigenvalue weighted by Gasteiger charge is 2.17. The summed E-state index contributed by atoms with van der Waals surface area (Å²) < 4.78 is 0. The first kappa shape index (κ1) is 11.4. The van der Waals surface area contributed by atoms with Gasteiger partial charge in [0.25, 0.3) is 0 Å². The van der Waals surface area contributed by atoms with Gasteiger partial charge in [0, 0.05) is 6.54 Å². The number of hydrogen-bond acceptors (Lipinski definition) is 2. The summed E-state index contributed by atoms with van der Waals surface area (Å²) in [5.41, 5.74) is 5.39. The lowest BCUT2D eigenvalue weighted by molar-refractivity contribution is -0.123. The van der Waals surface area contributed by atoms with Crippen LogP contribution in [0, 0.1) is 5.92 Å². The quantitative estimate of drug-likeness (QED) is 0.628. The Morgan fingerprint density at radius 3 is 2.50 bits per heavy atom.